The molecule has 0 fully saturated rings. The highest BCUT2D eigenvalue weighted by Crippen LogP contribution is 2.16. The third kappa shape index (κ3) is 2.59. The van der Waals surface area contributed by atoms with E-state index >= 15 is 0 Å². The van der Waals surface area contributed by atoms with Gasteiger partial charge in [-0.2, -0.15) is 0 Å². The molecular formula is C12H16N2O2. The van der Waals surface area contributed by atoms with Gasteiger partial charge in [-0.05, 0) is 16.7 Å². The molecule has 2 rings (SSSR count). The van der Waals surface area contributed by atoms with Gasteiger partial charge in [0.15, 0.2) is 0 Å². The van der Waals surface area contributed by atoms with E-state index in [-0.39, 0.29) is 12.5 Å². The average molecular weight is 220 g/mol. The van der Waals surface area contributed by atoms with E-state index in [4.69, 9.17) is 4.74 Å². The summed E-state index contributed by atoms with van der Waals surface area (Å²) in [5.41, 5.74) is 3.82. The Morgan fingerprint density at radius 1 is 1.44 bits per heavy atom. The van der Waals surface area contributed by atoms with Crippen molar-refractivity contribution in [3.8, 4) is 0 Å². The zero-order valence-corrected chi connectivity index (χ0v) is 9.38. The van der Waals surface area contributed by atoms with Gasteiger partial charge in [0.2, 0.25) is 5.91 Å². The van der Waals surface area contributed by atoms with E-state index in [1.165, 1.54) is 18.2 Å². The molecule has 0 saturated carbocycles. The van der Waals surface area contributed by atoms with E-state index in [2.05, 4.69) is 28.8 Å². The van der Waals surface area contributed by atoms with Crippen LogP contribution in [0.25, 0.3) is 0 Å². The minimum Gasteiger partial charge on any atom is -0.375 e. The van der Waals surface area contributed by atoms with Crippen molar-refractivity contribution < 1.29 is 9.53 Å². The molecule has 0 spiro atoms. The number of fused-ring (bicyclic) bond motifs is 1. The summed E-state index contributed by atoms with van der Waals surface area (Å²) < 4.78 is 4.74. The topological polar surface area (TPSA) is 50.4 Å². The van der Waals surface area contributed by atoms with Crippen molar-refractivity contribution in [2.75, 3.05) is 13.7 Å². The number of rotatable bonds is 4. The maximum atomic E-state index is 11.2. The average Bonchev–Trinajstić information content (AvgIpc) is 2.74. The molecule has 1 aliphatic heterocycles. The van der Waals surface area contributed by atoms with Crippen LogP contribution in [-0.2, 0) is 29.2 Å². The van der Waals surface area contributed by atoms with Crippen molar-refractivity contribution in [3.63, 3.8) is 0 Å². The fourth-order valence-corrected chi connectivity index (χ4v) is 1.84. The molecule has 2 N–H and O–H groups in total. The zero-order valence-electron chi connectivity index (χ0n) is 9.38. The molecule has 0 aromatic heterocycles. The zero-order chi connectivity index (χ0) is 11.4. The standard InChI is InChI=1S/C12H16N2O2/c1-16-8-12(15)14-5-9-2-3-10-6-13-7-11(10)4-9/h2-4,13H,5-8H2,1H3,(H,14,15). The van der Waals surface area contributed by atoms with E-state index in [0.29, 0.717) is 6.54 Å². The van der Waals surface area contributed by atoms with E-state index in [1.807, 2.05) is 0 Å². The van der Waals surface area contributed by atoms with E-state index in [0.717, 1.165) is 18.7 Å². The summed E-state index contributed by atoms with van der Waals surface area (Å²) in [5.74, 6) is -0.0823. The molecule has 1 amide bonds. The number of amides is 1. The second kappa shape index (κ2) is 5.09. The lowest BCUT2D eigenvalue weighted by molar-refractivity contribution is -0.124. The summed E-state index contributed by atoms with van der Waals surface area (Å²) in [6.45, 7) is 2.56. The van der Waals surface area contributed by atoms with Crippen LogP contribution in [0.15, 0.2) is 18.2 Å². The van der Waals surface area contributed by atoms with Gasteiger partial charge in [-0.15, -0.1) is 0 Å². The fourth-order valence-electron chi connectivity index (χ4n) is 1.84. The molecule has 1 aliphatic rings. The first-order valence-electron chi connectivity index (χ1n) is 5.36. The van der Waals surface area contributed by atoms with Gasteiger partial charge in [0.1, 0.15) is 6.61 Å². The predicted octanol–water partition coefficient (Wildman–Crippen LogP) is 0.552. The molecule has 16 heavy (non-hydrogen) atoms. The Kier molecular flexibility index (Phi) is 3.54. The summed E-state index contributed by atoms with van der Waals surface area (Å²) in [5, 5.41) is 6.10. The van der Waals surface area contributed by atoms with Crippen LogP contribution in [0.3, 0.4) is 0 Å². The number of ether oxygens (including phenoxy) is 1. The summed E-state index contributed by atoms with van der Waals surface area (Å²) in [6, 6.07) is 6.31. The SMILES string of the molecule is COCC(=O)NCc1ccc2c(c1)CNC2. The Bertz CT molecular complexity index is 391. The largest absolute Gasteiger partial charge is 0.375 e. The lowest BCUT2D eigenvalue weighted by Crippen LogP contribution is -2.26. The monoisotopic (exact) mass is 220 g/mol. The number of carbonyl (C=O) groups is 1. The molecule has 1 aromatic rings. The Labute approximate surface area is 95.0 Å². The lowest BCUT2D eigenvalue weighted by atomic mass is 10.1. The van der Waals surface area contributed by atoms with E-state index in [9.17, 15) is 4.79 Å². The van der Waals surface area contributed by atoms with Crippen molar-refractivity contribution in [1.29, 1.82) is 0 Å². The number of carbonyl (C=O) groups excluding carboxylic acids is 1. The van der Waals surface area contributed by atoms with Crippen LogP contribution in [0, 0.1) is 0 Å². The highest BCUT2D eigenvalue weighted by atomic mass is 16.5. The maximum absolute atomic E-state index is 11.2. The first-order valence-corrected chi connectivity index (χ1v) is 5.36. The summed E-state index contributed by atoms with van der Waals surface area (Å²) in [6.07, 6.45) is 0. The fraction of sp³-hybridized carbons (Fsp3) is 0.417. The Balaban J connectivity index is 1.93. The number of benzene rings is 1. The van der Waals surface area contributed by atoms with Crippen molar-refractivity contribution in [3.05, 3.63) is 34.9 Å². The molecule has 4 nitrogen and oxygen atoms in total. The highest BCUT2D eigenvalue weighted by molar-refractivity contribution is 5.77. The van der Waals surface area contributed by atoms with E-state index < -0.39 is 0 Å². The minimum atomic E-state index is -0.0823. The molecule has 0 atom stereocenters. The lowest BCUT2D eigenvalue weighted by Gasteiger charge is -2.06. The van der Waals surface area contributed by atoms with Gasteiger partial charge in [0, 0.05) is 26.7 Å². The van der Waals surface area contributed by atoms with Crippen LogP contribution in [-0.4, -0.2) is 19.6 Å². The van der Waals surface area contributed by atoms with Crippen LogP contribution in [0.2, 0.25) is 0 Å². The molecule has 1 heterocycles. The second-order valence-corrected chi connectivity index (χ2v) is 3.92. The normalized spacial score (nSPS) is 13.6. The van der Waals surface area contributed by atoms with Gasteiger partial charge >= 0.3 is 0 Å². The molecule has 0 bridgehead atoms. The Morgan fingerprint density at radius 3 is 3.06 bits per heavy atom. The summed E-state index contributed by atoms with van der Waals surface area (Å²) >= 11 is 0. The van der Waals surface area contributed by atoms with E-state index in [1.54, 1.807) is 0 Å². The van der Waals surface area contributed by atoms with Crippen molar-refractivity contribution in [2.45, 2.75) is 19.6 Å². The van der Waals surface area contributed by atoms with Crippen molar-refractivity contribution in [1.82, 2.24) is 10.6 Å². The van der Waals surface area contributed by atoms with Crippen LogP contribution in [0.1, 0.15) is 16.7 Å². The Hall–Kier alpha value is -1.39. The smallest absolute Gasteiger partial charge is 0.246 e. The molecule has 0 saturated heterocycles. The molecule has 0 unspecified atom stereocenters. The Morgan fingerprint density at radius 2 is 2.25 bits per heavy atom. The van der Waals surface area contributed by atoms with Gasteiger partial charge in [-0.25, -0.2) is 0 Å². The van der Waals surface area contributed by atoms with Crippen LogP contribution in [0.4, 0.5) is 0 Å². The van der Waals surface area contributed by atoms with Crippen LogP contribution >= 0.6 is 0 Å². The summed E-state index contributed by atoms with van der Waals surface area (Å²) in [7, 11) is 1.51. The molecule has 86 valence electrons. The molecule has 1 aromatic carbocycles. The third-order valence-corrected chi connectivity index (χ3v) is 2.67. The van der Waals surface area contributed by atoms with Gasteiger partial charge in [-0.1, -0.05) is 18.2 Å². The quantitative estimate of drug-likeness (QED) is 0.779. The predicted molar refractivity (Wildman–Crippen MR) is 60.7 cm³/mol. The van der Waals surface area contributed by atoms with Gasteiger partial charge in [0.25, 0.3) is 0 Å². The number of methoxy groups -OCH3 is 1. The highest BCUT2D eigenvalue weighted by Gasteiger charge is 2.10. The van der Waals surface area contributed by atoms with Crippen LogP contribution < -0.4 is 10.6 Å². The second-order valence-electron chi connectivity index (χ2n) is 3.92. The molecule has 0 radical (unpaired) electrons. The van der Waals surface area contributed by atoms with Gasteiger partial charge < -0.3 is 15.4 Å². The maximum Gasteiger partial charge on any atom is 0.246 e. The number of nitrogens with one attached hydrogen (secondary N) is 2. The first kappa shape index (κ1) is 11.1. The van der Waals surface area contributed by atoms with Crippen molar-refractivity contribution in [2.24, 2.45) is 0 Å². The van der Waals surface area contributed by atoms with Gasteiger partial charge in [-0.3, -0.25) is 4.79 Å². The van der Waals surface area contributed by atoms with Gasteiger partial charge in [0.05, 0.1) is 0 Å². The van der Waals surface area contributed by atoms with Crippen molar-refractivity contribution >= 4 is 5.91 Å². The number of hydrogen-bond donors (Lipinski definition) is 2. The molecule has 4 heteroatoms. The van der Waals surface area contributed by atoms with Crippen LogP contribution in [0.5, 0.6) is 0 Å². The molecule has 0 aliphatic carbocycles. The number of hydrogen-bond acceptors (Lipinski definition) is 3. The third-order valence-electron chi connectivity index (χ3n) is 2.67. The first-order chi connectivity index (χ1) is 7.79. The summed E-state index contributed by atoms with van der Waals surface area (Å²) in [4.78, 5) is 11.2. The minimum absolute atomic E-state index is 0.0823. The molecular weight excluding hydrogens is 204 g/mol.